The average Bonchev–Trinajstić information content (AvgIpc) is 3.01. The normalized spacial score (nSPS) is 14.4. The van der Waals surface area contributed by atoms with Crippen molar-refractivity contribution in [3.63, 3.8) is 0 Å². The van der Waals surface area contributed by atoms with Gasteiger partial charge in [-0.2, -0.15) is 0 Å². The Bertz CT molecular complexity index is 1060. The van der Waals surface area contributed by atoms with Crippen molar-refractivity contribution in [2.24, 2.45) is 5.92 Å². The number of allylic oxidation sites excluding steroid dienone is 1. The van der Waals surface area contributed by atoms with Gasteiger partial charge in [0.1, 0.15) is 5.60 Å². The third kappa shape index (κ3) is 6.28. The summed E-state index contributed by atoms with van der Waals surface area (Å²) in [5.41, 5.74) is 1.65. The first kappa shape index (κ1) is 25.1. The largest absolute Gasteiger partial charge is 0.444 e. The van der Waals surface area contributed by atoms with E-state index in [1.165, 1.54) is 0 Å². The molecule has 34 heavy (non-hydrogen) atoms. The molecule has 0 saturated heterocycles. The van der Waals surface area contributed by atoms with Crippen LogP contribution < -0.4 is 5.32 Å². The summed E-state index contributed by atoms with van der Waals surface area (Å²) in [5.74, 6) is -1.26. The molecule has 1 atom stereocenters. The highest BCUT2D eigenvalue weighted by Crippen LogP contribution is 2.30. The maximum atomic E-state index is 12.9. The molecule has 6 nitrogen and oxygen atoms in total. The molecular weight excluding hydrogens is 430 g/mol. The van der Waals surface area contributed by atoms with Gasteiger partial charge in [-0.1, -0.05) is 54.6 Å². The van der Waals surface area contributed by atoms with Gasteiger partial charge < -0.3 is 10.1 Å². The Morgan fingerprint density at radius 3 is 2.15 bits per heavy atom. The third-order valence-electron chi connectivity index (χ3n) is 5.67. The minimum absolute atomic E-state index is 0.0368. The molecule has 0 bridgehead atoms. The highest BCUT2D eigenvalue weighted by Gasteiger charge is 2.39. The van der Waals surface area contributed by atoms with Crippen LogP contribution in [0.5, 0.6) is 0 Å². The molecule has 0 aromatic heterocycles. The molecule has 2 aromatic carbocycles. The number of carbonyl (C=O) groups is 4. The van der Waals surface area contributed by atoms with Gasteiger partial charge in [-0.15, -0.1) is 6.58 Å². The van der Waals surface area contributed by atoms with E-state index in [1.54, 1.807) is 63.2 Å². The molecule has 0 spiro atoms. The molecule has 1 aliphatic rings. The summed E-state index contributed by atoms with van der Waals surface area (Å²) < 4.78 is 5.40. The Hall–Kier alpha value is -3.54. The lowest BCUT2D eigenvalue weighted by atomic mass is 9.91. The van der Waals surface area contributed by atoms with Crippen LogP contribution in [0.4, 0.5) is 4.79 Å². The maximum Gasteiger partial charge on any atom is 0.407 e. The van der Waals surface area contributed by atoms with Gasteiger partial charge in [0.05, 0.1) is 5.92 Å². The number of hydrogen-bond donors (Lipinski definition) is 1. The molecule has 0 aliphatic heterocycles. The zero-order chi connectivity index (χ0) is 24.9. The van der Waals surface area contributed by atoms with Crippen LogP contribution in [0, 0.1) is 5.92 Å². The van der Waals surface area contributed by atoms with Gasteiger partial charge in [0.15, 0.2) is 17.3 Å². The molecule has 0 fully saturated rings. The summed E-state index contributed by atoms with van der Waals surface area (Å²) in [5, 5.41) is 2.84. The first-order valence-electron chi connectivity index (χ1n) is 11.5. The van der Waals surface area contributed by atoms with Crippen molar-refractivity contribution in [2.75, 3.05) is 0 Å². The predicted molar refractivity (Wildman–Crippen MR) is 130 cm³/mol. The maximum absolute atomic E-state index is 12.9. The van der Waals surface area contributed by atoms with Crippen LogP contribution in [-0.2, 0) is 11.2 Å². The Morgan fingerprint density at radius 2 is 1.62 bits per heavy atom. The third-order valence-corrected chi connectivity index (χ3v) is 5.67. The molecule has 2 aromatic rings. The summed E-state index contributed by atoms with van der Waals surface area (Å²) in [6, 6.07) is 13.5. The van der Waals surface area contributed by atoms with E-state index in [1.807, 2.05) is 12.1 Å². The Balaban J connectivity index is 1.77. The number of Topliss-reactive ketones (excluding diaryl/α,β-unsaturated/α-hetero) is 3. The van der Waals surface area contributed by atoms with Crippen molar-refractivity contribution >= 4 is 23.4 Å². The average molecular weight is 462 g/mol. The molecule has 178 valence electrons. The number of alkyl carbamates (subject to hydrolysis) is 1. The quantitative estimate of drug-likeness (QED) is 0.309. The first-order chi connectivity index (χ1) is 16.1. The molecule has 0 radical (unpaired) electrons. The molecule has 6 heteroatoms. The molecule has 3 rings (SSSR count). The summed E-state index contributed by atoms with van der Waals surface area (Å²) in [4.78, 5) is 50.5. The zero-order valence-corrected chi connectivity index (χ0v) is 19.9. The number of carbonyl (C=O) groups excluding carboxylic acids is 4. The first-order valence-corrected chi connectivity index (χ1v) is 11.5. The van der Waals surface area contributed by atoms with Gasteiger partial charge in [-0.3, -0.25) is 14.4 Å². The standard InChI is InChI=1S/C28H31NO5/c1-5-6-11-24(30)19-14-12-18(13-15-19)16-20(29-27(33)34-28(2,3)4)17-23-25(31)21-9-7-8-10-22(21)26(23)32/h5,7-10,12-15,20,23H,1,6,11,16-17H2,2-4H3,(H,29,33)/t20-/m0/s1. The van der Waals surface area contributed by atoms with Crippen LogP contribution in [0.1, 0.15) is 76.7 Å². The van der Waals surface area contributed by atoms with E-state index < -0.39 is 23.7 Å². The summed E-state index contributed by atoms with van der Waals surface area (Å²) >= 11 is 0. The number of benzene rings is 2. The van der Waals surface area contributed by atoms with E-state index in [0.29, 0.717) is 36.0 Å². The zero-order valence-electron chi connectivity index (χ0n) is 19.9. The Labute approximate surface area is 200 Å². The number of rotatable bonds is 9. The lowest BCUT2D eigenvalue weighted by Gasteiger charge is -2.25. The molecule has 0 saturated carbocycles. The molecule has 1 aliphatic carbocycles. The smallest absolute Gasteiger partial charge is 0.407 e. The highest BCUT2D eigenvalue weighted by atomic mass is 16.6. The van der Waals surface area contributed by atoms with Crippen molar-refractivity contribution in [1.82, 2.24) is 5.32 Å². The number of hydrogen-bond acceptors (Lipinski definition) is 5. The van der Waals surface area contributed by atoms with Gasteiger partial charge in [-0.05, 0) is 45.6 Å². The van der Waals surface area contributed by atoms with E-state index in [2.05, 4.69) is 11.9 Å². The summed E-state index contributed by atoms with van der Waals surface area (Å²) in [6.07, 6.45) is 2.67. The lowest BCUT2D eigenvalue weighted by Crippen LogP contribution is -2.42. The summed E-state index contributed by atoms with van der Waals surface area (Å²) in [6.45, 7) is 8.94. The molecule has 1 amide bonds. The fourth-order valence-corrected chi connectivity index (χ4v) is 4.06. The second-order valence-corrected chi connectivity index (χ2v) is 9.56. The monoisotopic (exact) mass is 461 g/mol. The number of amides is 1. The van der Waals surface area contributed by atoms with E-state index >= 15 is 0 Å². The molecule has 1 N–H and O–H groups in total. The van der Waals surface area contributed by atoms with Crippen LogP contribution >= 0.6 is 0 Å². The van der Waals surface area contributed by atoms with Crippen LogP contribution in [0.15, 0.2) is 61.2 Å². The second kappa shape index (κ2) is 10.6. The van der Waals surface area contributed by atoms with Crippen molar-refractivity contribution < 1.29 is 23.9 Å². The molecular formula is C28H31NO5. The van der Waals surface area contributed by atoms with Crippen molar-refractivity contribution in [3.8, 4) is 0 Å². The lowest BCUT2D eigenvalue weighted by molar-refractivity contribution is 0.0490. The van der Waals surface area contributed by atoms with E-state index in [-0.39, 0.29) is 23.8 Å². The minimum atomic E-state index is -0.850. The van der Waals surface area contributed by atoms with Crippen LogP contribution in [-0.4, -0.2) is 35.1 Å². The van der Waals surface area contributed by atoms with E-state index in [9.17, 15) is 19.2 Å². The van der Waals surface area contributed by atoms with Gasteiger partial charge in [-0.25, -0.2) is 4.79 Å². The number of ether oxygens (including phenoxy) is 1. The molecule has 0 heterocycles. The summed E-state index contributed by atoms with van der Waals surface area (Å²) in [7, 11) is 0. The topological polar surface area (TPSA) is 89.5 Å². The Kier molecular flexibility index (Phi) is 7.82. The number of nitrogens with one attached hydrogen (secondary N) is 1. The minimum Gasteiger partial charge on any atom is -0.444 e. The second-order valence-electron chi connectivity index (χ2n) is 9.56. The van der Waals surface area contributed by atoms with E-state index in [4.69, 9.17) is 4.74 Å². The fourth-order valence-electron chi connectivity index (χ4n) is 4.06. The van der Waals surface area contributed by atoms with Gasteiger partial charge in [0.25, 0.3) is 0 Å². The molecule has 0 unspecified atom stereocenters. The fraction of sp³-hybridized carbons (Fsp3) is 0.357. The van der Waals surface area contributed by atoms with E-state index in [0.717, 1.165) is 5.56 Å². The highest BCUT2D eigenvalue weighted by molar-refractivity contribution is 6.26. The van der Waals surface area contributed by atoms with Crippen LogP contribution in [0.25, 0.3) is 0 Å². The van der Waals surface area contributed by atoms with Gasteiger partial charge in [0, 0.05) is 29.2 Å². The Morgan fingerprint density at radius 1 is 1.03 bits per heavy atom. The van der Waals surface area contributed by atoms with Gasteiger partial charge in [0.2, 0.25) is 0 Å². The predicted octanol–water partition coefficient (Wildman–Crippen LogP) is 5.36. The van der Waals surface area contributed by atoms with Crippen LogP contribution in [0.2, 0.25) is 0 Å². The SMILES string of the molecule is C=CCCC(=O)c1ccc(C[C@@H](CC2C(=O)c3ccccc3C2=O)NC(=O)OC(C)(C)C)cc1. The number of fused-ring (bicyclic) bond motifs is 1. The van der Waals surface area contributed by atoms with Gasteiger partial charge >= 0.3 is 6.09 Å². The number of ketones is 3. The van der Waals surface area contributed by atoms with Crippen LogP contribution in [0.3, 0.4) is 0 Å². The van der Waals surface area contributed by atoms with Crippen molar-refractivity contribution in [1.29, 1.82) is 0 Å². The van der Waals surface area contributed by atoms with Crippen molar-refractivity contribution in [3.05, 3.63) is 83.4 Å². The van der Waals surface area contributed by atoms with Crippen molar-refractivity contribution in [2.45, 2.75) is 58.1 Å².